The van der Waals surface area contributed by atoms with Crippen molar-refractivity contribution in [1.82, 2.24) is 15.2 Å². The number of nitrogens with one attached hydrogen (secondary N) is 1. The number of rotatable bonds is 5. The molecule has 1 fully saturated rings. The molecule has 0 bridgehead atoms. The number of piperazine rings is 1. The molecule has 2 amide bonds. The number of carbonyl (C=O) groups is 2. The van der Waals surface area contributed by atoms with Gasteiger partial charge in [0.25, 0.3) is 11.8 Å². The van der Waals surface area contributed by atoms with Crippen LogP contribution in [0, 0.1) is 0 Å². The fraction of sp³-hybridized carbons (Fsp3) is 0.381. The molecular weight excluding hydrogens is 340 g/mol. The molecule has 2 heterocycles. The third kappa shape index (κ3) is 4.64. The lowest BCUT2D eigenvalue weighted by atomic mass is 10.1. The molecule has 1 aliphatic heterocycles. The number of amides is 2. The third-order valence-corrected chi connectivity index (χ3v) is 4.92. The minimum atomic E-state index is -0.243. The van der Waals surface area contributed by atoms with Crippen molar-refractivity contribution in [3.05, 3.63) is 59.9 Å². The number of hydrogen-bond acceptors (Lipinski definition) is 4. The number of benzene rings is 1. The highest BCUT2D eigenvalue weighted by atomic mass is 16.2. The van der Waals surface area contributed by atoms with Crippen molar-refractivity contribution in [2.45, 2.75) is 26.3 Å². The van der Waals surface area contributed by atoms with Gasteiger partial charge in [-0.05, 0) is 37.6 Å². The Morgan fingerprint density at radius 1 is 1.11 bits per heavy atom. The number of para-hydroxylation sites is 1. The molecule has 1 aromatic heterocycles. The third-order valence-electron chi connectivity index (χ3n) is 4.92. The average Bonchev–Trinajstić information content (AvgIpc) is 2.74. The summed E-state index contributed by atoms with van der Waals surface area (Å²) in [4.78, 5) is 33.3. The summed E-state index contributed by atoms with van der Waals surface area (Å²) < 4.78 is 0. The van der Waals surface area contributed by atoms with Crippen molar-refractivity contribution in [1.29, 1.82) is 0 Å². The van der Waals surface area contributed by atoms with Crippen molar-refractivity contribution in [2.24, 2.45) is 0 Å². The van der Waals surface area contributed by atoms with Crippen LogP contribution in [0.15, 0.2) is 48.7 Å². The molecule has 2 aromatic rings. The van der Waals surface area contributed by atoms with Gasteiger partial charge < -0.3 is 15.1 Å². The van der Waals surface area contributed by atoms with E-state index in [4.69, 9.17) is 0 Å². The summed E-state index contributed by atoms with van der Waals surface area (Å²) in [6.07, 6.45) is 2.37. The van der Waals surface area contributed by atoms with E-state index in [9.17, 15) is 9.59 Å². The summed E-state index contributed by atoms with van der Waals surface area (Å²) in [5.74, 6) is -0.296. The maximum Gasteiger partial charge on any atom is 0.270 e. The molecule has 6 heteroatoms. The number of anilines is 1. The largest absolute Gasteiger partial charge is 0.368 e. The van der Waals surface area contributed by atoms with Crippen LogP contribution in [0.5, 0.6) is 0 Å². The summed E-state index contributed by atoms with van der Waals surface area (Å²) in [5.41, 5.74) is 1.97. The number of pyridine rings is 1. The normalized spacial score (nSPS) is 15.3. The van der Waals surface area contributed by atoms with Gasteiger partial charge in [-0.15, -0.1) is 0 Å². The predicted molar refractivity (Wildman–Crippen MR) is 106 cm³/mol. The van der Waals surface area contributed by atoms with Gasteiger partial charge in [0.1, 0.15) is 5.69 Å². The first-order valence-electron chi connectivity index (χ1n) is 9.44. The van der Waals surface area contributed by atoms with Crippen LogP contribution in [0.2, 0.25) is 0 Å². The number of nitrogens with zero attached hydrogens (tertiary/aromatic N) is 3. The lowest BCUT2D eigenvalue weighted by molar-refractivity contribution is 0.0746. The summed E-state index contributed by atoms with van der Waals surface area (Å²) >= 11 is 0. The van der Waals surface area contributed by atoms with E-state index in [1.165, 1.54) is 11.9 Å². The van der Waals surface area contributed by atoms with Crippen LogP contribution in [0.1, 0.15) is 41.1 Å². The lowest BCUT2D eigenvalue weighted by Crippen LogP contribution is -2.48. The van der Waals surface area contributed by atoms with Gasteiger partial charge in [-0.25, -0.2) is 0 Å². The van der Waals surface area contributed by atoms with Crippen molar-refractivity contribution in [2.75, 3.05) is 31.1 Å². The van der Waals surface area contributed by atoms with E-state index in [1.807, 2.05) is 36.9 Å². The van der Waals surface area contributed by atoms with Crippen LogP contribution < -0.4 is 10.2 Å². The highest BCUT2D eigenvalue weighted by Crippen LogP contribution is 2.17. The first-order valence-corrected chi connectivity index (χ1v) is 9.44. The molecule has 1 aromatic carbocycles. The summed E-state index contributed by atoms with van der Waals surface area (Å²) in [6.45, 7) is 6.85. The van der Waals surface area contributed by atoms with Crippen LogP contribution in [0.25, 0.3) is 0 Å². The molecule has 1 aliphatic rings. The molecule has 1 atom stereocenters. The topological polar surface area (TPSA) is 65.5 Å². The minimum absolute atomic E-state index is 0.0531. The fourth-order valence-corrected chi connectivity index (χ4v) is 3.08. The Kier molecular flexibility index (Phi) is 6.06. The second-order valence-corrected chi connectivity index (χ2v) is 6.83. The van der Waals surface area contributed by atoms with E-state index >= 15 is 0 Å². The first kappa shape index (κ1) is 18.9. The zero-order valence-electron chi connectivity index (χ0n) is 15.9. The zero-order chi connectivity index (χ0) is 19.2. The predicted octanol–water partition coefficient (Wildman–Crippen LogP) is 2.57. The van der Waals surface area contributed by atoms with Gasteiger partial charge in [0.2, 0.25) is 0 Å². The standard InChI is InChI=1S/C21H26N4O2/c1-3-16(2)23-20(26)19-15-17(9-10-22-19)21(27)25-13-11-24(12-14-25)18-7-5-4-6-8-18/h4-10,15-16H,3,11-14H2,1-2H3,(H,23,26). The fourth-order valence-electron chi connectivity index (χ4n) is 3.08. The average molecular weight is 366 g/mol. The number of hydrogen-bond donors (Lipinski definition) is 1. The Hall–Kier alpha value is -2.89. The summed E-state index contributed by atoms with van der Waals surface area (Å²) in [5, 5.41) is 2.88. The Bertz CT molecular complexity index is 786. The van der Waals surface area contributed by atoms with Crippen molar-refractivity contribution >= 4 is 17.5 Å². The second kappa shape index (κ2) is 8.66. The van der Waals surface area contributed by atoms with Crippen LogP contribution in [0.3, 0.4) is 0 Å². The van der Waals surface area contributed by atoms with Crippen LogP contribution in [-0.2, 0) is 0 Å². The number of carbonyl (C=O) groups excluding carboxylic acids is 2. The van der Waals surface area contributed by atoms with Gasteiger partial charge >= 0.3 is 0 Å². The Morgan fingerprint density at radius 2 is 1.81 bits per heavy atom. The van der Waals surface area contributed by atoms with Crippen molar-refractivity contribution in [3.8, 4) is 0 Å². The minimum Gasteiger partial charge on any atom is -0.368 e. The van der Waals surface area contributed by atoms with Gasteiger partial charge in [-0.2, -0.15) is 0 Å². The van der Waals surface area contributed by atoms with Gasteiger partial charge in [-0.3, -0.25) is 14.6 Å². The number of aromatic nitrogens is 1. The van der Waals surface area contributed by atoms with E-state index in [1.54, 1.807) is 12.1 Å². The molecule has 0 radical (unpaired) electrons. The van der Waals surface area contributed by atoms with E-state index in [0.29, 0.717) is 18.7 Å². The lowest BCUT2D eigenvalue weighted by Gasteiger charge is -2.36. The molecule has 0 spiro atoms. The highest BCUT2D eigenvalue weighted by Gasteiger charge is 2.23. The summed E-state index contributed by atoms with van der Waals surface area (Å²) in [7, 11) is 0. The zero-order valence-corrected chi connectivity index (χ0v) is 15.9. The molecule has 1 saturated heterocycles. The molecule has 0 saturated carbocycles. The maximum atomic E-state index is 12.8. The Balaban J connectivity index is 1.63. The highest BCUT2D eigenvalue weighted by molar-refractivity contribution is 5.98. The van der Waals surface area contributed by atoms with Gasteiger partial charge in [-0.1, -0.05) is 25.1 Å². The van der Waals surface area contributed by atoms with E-state index in [2.05, 4.69) is 27.3 Å². The quantitative estimate of drug-likeness (QED) is 0.883. The SMILES string of the molecule is CCC(C)NC(=O)c1cc(C(=O)N2CCN(c3ccccc3)CC2)ccn1. The molecule has 27 heavy (non-hydrogen) atoms. The molecule has 1 N–H and O–H groups in total. The van der Waals surface area contributed by atoms with E-state index < -0.39 is 0 Å². The first-order chi connectivity index (χ1) is 13.1. The molecule has 142 valence electrons. The molecule has 6 nitrogen and oxygen atoms in total. The van der Waals surface area contributed by atoms with Gasteiger partial charge in [0, 0.05) is 49.7 Å². The van der Waals surface area contributed by atoms with Crippen molar-refractivity contribution in [3.63, 3.8) is 0 Å². The van der Waals surface area contributed by atoms with Gasteiger partial charge in [0.05, 0.1) is 0 Å². The molecular formula is C21H26N4O2. The van der Waals surface area contributed by atoms with E-state index in [0.717, 1.165) is 19.5 Å². The second-order valence-electron chi connectivity index (χ2n) is 6.83. The molecule has 0 aliphatic carbocycles. The van der Waals surface area contributed by atoms with Crippen molar-refractivity contribution < 1.29 is 9.59 Å². The van der Waals surface area contributed by atoms with E-state index in [-0.39, 0.29) is 23.6 Å². The smallest absolute Gasteiger partial charge is 0.270 e. The molecule has 1 unspecified atom stereocenters. The monoisotopic (exact) mass is 366 g/mol. The van der Waals surface area contributed by atoms with Crippen LogP contribution in [-0.4, -0.2) is 53.9 Å². The summed E-state index contributed by atoms with van der Waals surface area (Å²) in [6, 6.07) is 13.6. The van der Waals surface area contributed by atoms with Crippen LogP contribution >= 0.6 is 0 Å². The Morgan fingerprint density at radius 3 is 2.48 bits per heavy atom. The van der Waals surface area contributed by atoms with Crippen LogP contribution in [0.4, 0.5) is 5.69 Å². The maximum absolute atomic E-state index is 12.8. The molecule has 3 rings (SSSR count). The van der Waals surface area contributed by atoms with Gasteiger partial charge in [0.15, 0.2) is 0 Å². The Labute approximate surface area is 160 Å².